The predicted molar refractivity (Wildman–Crippen MR) is 155 cm³/mol. The number of nitrogens with one attached hydrogen (secondary N) is 5. The third kappa shape index (κ3) is 15.6. The number of amides is 6. The van der Waals surface area contributed by atoms with E-state index in [2.05, 4.69) is 56.8 Å². The highest BCUT2D eigenvalue weighted by Crippen LogP contribution is 2.17. The summed E-state index contributed by atoms with van der Waals surface area (Å²) in [6, 6.07) is -5.16. The summed E-state index contributed by atoms with van der Waals surface area (Å²) < 4.78 is -1.11. The topological polar surface area (TPSA) is 290 Å². The van der Waals surface area contributed by atoms with Gasteiger partial charge in [-0.25, -0.2) is 0 Å². The number of hydrogen-bond acceptors (Lipinski definition) is 10. The Kier molecular flexibility index (Phi) is 16.2. The molecule has 19 heteroatoms. The van der Waals surface area contributed by atoms with Crippen LogP contribution in [-0.4, -0.2) is 100 Å². The summed E-state index contributed by atoms with van der Waals surface area (Å²) in [5, 5.41) is 20.8. The molecule has 0 fully saturated rings. The van der Waals surface area contributed by atoms with E-state index in [4.69, 9.17) is 17.2 Å². The first kappa shape index (κ1) is 37.3. The van der Waals surface area contributed by atoms with Gasteiger partial charge in [-0.3, -0.25) is 38.6 Å². The van der Waals surface area contributed by atoms with Gasteiger partial charge in [0, 0.05) is 24.0 Å². The lowest BCUT2D eigenvalue weighted by Gasteiger charge is -2.29. The molecule has 6 amide bonds. The van der Waals surface area contributed by atoms with Crippen molar-refractivity contribution in [3.05, 3.63) is 0 Å². The molecule has 0 saturated heterocycles. The molecular formula is C22H39N9O8S2. The summed E-state index contributed by atoms with van der Waals surface area (Å²) in [7, 11) is 0. The van der Waals surface area contributed by atoms with E-state index in [1.165, 1.54) is 20.8 Å². The quantitative estimate of drug-likeness (QED) is 0.0303. The molecule has 0 aromatic carbocycles. The minimum absolute atomic E-state index is 0.0351. The normalized spacial score (nSPS) is 13.8. The first-order valence-corrected chi connectivity index (χ1v) is 13.3. The van der Waals surface area contributed by atoms with E-state index in [-0.39, 0.29) is 31.1 Å². The molecule has 0 aromatic heterocycles. The lowest BCUT2D eigenvalue weighted by atomic mass is 10.0. The maximum absolute atomic E-state index is 12.8. The average molecular weight is 622 g/mol. The minimum atomic E-state index is -1.63. The van der Waals surface area contributed by atoms with Gasteiger partial charge >= 0.3 is 5.97 Å². The Morgan fingerprint density at radius 2 is 1.46 bits per heavy atom. The molecule has 0 radical (unpaired) electrons. The van der Waals surface area contributed by atoms with E-state index in [1.54, 1.807) is 0 Å². The predicted octanol–water partition coefficient (Wildman–Crippen LogP) is -4.29. The van der Waals surface area contributed by atoms with Crippen molar-refractivity contribution >= 4 is 72.6 Å². The maximum atomic E-state index is 12.8. The summed E-state index contributed by atoms with van der Waals surface area (Å²) in [6.07, 6.45) is -0.563. The van der Waals surface area contributed by atoms with Crippen molar-refractivity contribution in [2.75, 3.05) is 18.8 Å². The van der Waals surface area contributed by atoms with Crippen LogP contribution in [0.2, 0.25) is 0 Å². The third-order valence-electron chi connectivity index (χ3n) is 5.19. The Labute approximate surface area is 247 Å². The number of primary amides is 1. The number of rotatable bonds is 18. The summed E-state index contributed by atoms with van der Waals surface area (Å²) in [5.41, 5.74) is 15.9. The number of nitrogens with two attached hydrogens (primary N) is 3. The number of thiol groups is 2. The number of carbonyl (C=O) groups is 7. The maximum Gasteiger partial charge on any atom is 0.305 e. The molecule has 0 aliphatic carbocycles. The number of carboxylic acids is 1. The van der Waals surface area contributed by atoms with Gasteiger partial charge in [-0.05, 0) is 26.7 Å². The van der Waals surface area contributed by atoms with Crippen molar-refractivity contribution in [1.29, 1.82) is 0 Å². The van der Waals surface area contributed by atoms with Crippen molar-refractivity contribution in [1.82, 2.24) is 26.6 Å². The zero-order valence-electron chi connectivity index (χ0n) is 22.9. The van der Waals surface area contributed by atoms with Crippen LogP contribution in [-0.2, 0) is 33.6 Å². The lowest BCUT2D eigenvalue weighted by molar-refractivity contribution is -0.141. The fourth-order valence-corrected chi connectivity index (χ4v) is 3.69. The second-order valence-corrected chi connectivity index (χ2v) is 10.9. The highest BCUT2D eigenvalue weighted by molar-refractivity contribution is 7.81. The molecule has 0 aliphatic rings. The third-order valence-corrected chi connectivity index (χ3v) is 5.81. The smallest absolute Gasteiger partial charge is 0.305 e. The Hall–Kier alpha value is -3.74. The molecule has 0 unspecified atom stereocenters. The summed E-state index contributed by atoms with van der Waals surface area (Å²) >= 11 is 8.22. The number of carboxylic acid groups (broad SMARTS) is 1. The van der Waals surface area contributed by atoms with E-state index in [9.17, 15) is 38.7 Å². The molecule has 0 aromatic rings. The first-order valence-electron chi connectivity index (χ1n) is 12.2. The van der Waals surface area contributed by atoms with Gasteiger partial charge in [0.25, 0.3) is 0 Å². The largest absolute Gasteiger partial charge is 0.481 e. The highest BCUT2D eigenvalue weighted by Gasteiger charge is 2.35. The molecule has 0 heterocycles. The molecule has 0 spiro atoms. The fourth-order valence-electron chi connectivity index (χ4n) is 3.24. The second kappa shape index (κ2) is 17.8. The van der Waals surface area contributed by atoms with E-state index in [0.717, 1.165) is 0 Å². The summed E-state index contributed by atoms with van der Waals surface area (Å²) in [4.78, 5) is 88.8. The molecule has 12 N–H and O–H groups in total. The van der Waals surface area contributed by atoms with Crippen molar-refractivity contribution < 1.29 is 38.7 Å². The van der Waals surface area contributed by atoms with E-state index >= 15 is 0 Å². The zero-order valence-corrected chi connectivity index (χ0v) is 24.7. The van der Waals surface area contributed by atoms with Crippen LogP contribution in [0, 0.1) is 0 Å². The standard InChI is InChI=1S/C22H39N9O8S2/c1-10(32)28-13(9-40)20(39)30-11(5-4-6-26-21(24)25)18(37)27-8-14(33)29-12(7-15(34)35)19(38)31-16(17(23)36)22(2,3)41/h11-13,16,40-41H,4-9H2,1-3H3,(H2,23,36)(H,27,37)(H,28,32)(H,29,33)(H,30,39)(H,31,38)(H,34,35)(H4,24,25,26)/t11-,12+,13+,16-/m1/s1. The highest BCUT2D eigenvalue weighted by atomic mass is 32.1. The van der Waals surface area contributed by atoms with Crippen LogP contribution in [0.15, 0.2) is 4.99 Å². The molecule has 17 nitrogen and oxygen atoms in total. The summed E-state index contributed by atoms with van der Waals surface area (Å²) in [5.74, 6) is -6.58. The van der Waals surface area contributed by atoms with Gasteiger partial charge < -0.3 is 48.9 Å². The Bertz CT molecular complexity index is 1020. The van der Waals surface area contributed by atoms with Crippen LogP contribution in [0.25, 0.3) is 0 Å². The number of hydrogen-bond donors (Lipinski definition) is 11. The van der Waals surface area contributed by atoms with Gasteiger partial charge in [-0.2, -0.15) is 25.3 Å². The van der Waals surface area contributed by atoms with E-state index in [1.807, 2.05) is 0 Å². The van der Waals surface area contributed by atoms with Gasteiger partial charge in [0.1, 0.15) is 24.2 Å². The van der Waals surface area contributed by atoms with Crippen molar-refractivity contribution in [3.63, 3.8) is 0 Å². The molecule has 0 saturated carbocycles. The fraction of sp³-hybridized carbons (Fsp3) is 0.636. The average Bonchev–Trinajstić information content (AvgIpc) is 2.83. The number of carbonyl (C=O) groups excluding carboxylic acids is 6. The van der Waals surface area contributed by atoms with Crippen LogP contribution in [0.1, 0.15) is 40.0 Å². The molecule has 0 rings (SSSR count). The van der Waals surface area contributed by atoms with Gasteiger partial charge in [0.15, 0.2) is 5.96 Å². The number of aliphatic carboxylic acids is 1. The van der Waals surface area contributed by atoms with Gasteiger partial charge in [-0.1, -0.05) is 0 Å². The van der Waals surface area contributed by atoms with Crippen molar-refractivity contribution in [2.45, 2.75) is 68.9 Å². The molecule has 0 aliphatic heterocycles. The molecule has 41 heavy (non-hydrogen) atoms. The van der Waals surface area contributed by atoms with Gasteiger partial charge in [-0.15, -0.1) is 0 Å². The van der Waals surface area contributed by atoms with Gasteiger partial charge in [0.2, 0.25) is 35.4 Å². The Morgan fingerprint density at radius 1 is 0.878 bits per heavy atom. The van der Waals surface area contributed by atoms with E-state index in [0.29, 0.717) is 0 Å². The number of nitrogens with zero attached hydrogens (tertiary/aromatic N) is 1. The Balaban J connectivity index is 5.49. The van der Waals surface area contributed by atoms with Crippen LogP contribution < -0.4 is 43.8 Å². The van der Waals surface area contributed by atoms with Crippen LogP contribution in [0.4, 0.5) is 0 Å². The molecule has 4 atom stereocenters. The molecule has 0 bridgehead atoms. The zero-order chi connectivity index (χ0) is 31.9. The molecule has 232 valence electrons. The number of guanidine groups is 1. The van der Waals surface area contributed by atoms with Gasteiger partial charge in [0.05, 0.1) is 13.0 Å². The van der Waals surface area contributed by atoms with Crippen molar-refractivity contribution in [2.24, 2.45) is 22.2 Å². The SMILES string of the molecule is CC(=O)N[C@@H](CS)C(=O)N[C@H](CCCN=C(N)N)C(=O)NCC(=O)N[C@@H](CC(=O)O)C(=O)N[C@H](C(N)=O)C(C)(C)S. The van der Waals surface area contributed by atoms with Crippen LogP contribution >= 0.6 is 25.3 Å². The molecular weight excluding hydrogens is 582 g/mol. The summed E-state index contributed by atoms with van der Waals surface area (Å²) in [6.45, 7) is 3.61. The lowest BCUT2D eigenvalue weighted by Crippen LogP contribution is -2.59. The van der Waals surface area contributed by atoms with Crippen molar-refractivity contribution in [3.8, 4) is 0 Å². The number of aliphatic imine (C=N–C) groups is 1. The minimum Gasteiger partial charge on any atom is -0.481 e. The van der Waals surface area contributed by atoms with E-state index < -0.39 is 83.3 Å². The first-order chi connectivity index (χ1) is 18.9. The Morgan fingerprint density at radius 3 is 1.93 bits per heavy atom. The second-order valence-electron chi connectivity index (χ2n) is 9.38. The van der Waals surface area contributed by atoms with Crippen LogP contribution in [0.5, 0.6) is 0 Å². The monoisotopic (exact) mass is 621 g/mol. The van der Waals surface area contributed by atoms with Crippen LogP contribution in [0.3, 0.4) is 0 Å².